The van der Waals surface area contributed by atoms with Crippen molar-refractivity contribution in [2.75, 3.05) is 6.54 Å². The molecule has 0 radical (unpaired) electrons. The van der Waals surface area contributed by atoms with Crippen LogP contribution in [0, 0.1) is 10.1 Å². The van der Waals surface area contributed by atoms with Crippen LogP contribution in [0.3, 0.4) is 0 Å². The summed E-state index contributed by atoms with van der Waals surface area (Å²) >= 11 is 0. The molecule has 7 heteroatoms. The van der Waals surface area contributed by atoms with E-state index in [2.05, 4.69) is 11.7 Å². The third-order valence-electron chi connectivity index (χ3n) is 3.65. The largest absolute Gasteiger partial charge is 0.701 e. The predicted molar refractivity (Wildman–Crippen MR) is 87.2 cm³/mol. The maximum atomic E-state index is 10.7. The molecule has 0 amide bonds. The third kappa shape index (κ3) is 3.45. The lowest BCUT2D eigenvalue weighted by Gasteiger charge is -2.22. The van der Waals surface area contributed by atoms with Crippen molar-refractivity contribution in [2.45, 2.75) is 19.9 Å². The van der Waals surface area contributed by atoms with Crippen molar-refractivity contribution in [1.82, 2.24) is 4.81 Å². The topological polar surface area (TPSA) is 64.8 Å². The molecule has 0 aliphatic carbocycles. The molecule has 118 valence electrons. The molecule has 1 aliphatic rings. The lowest BCUT2D eigenvalue weighted by molar-refractivity contribution is -0.384. The summed E-state index contributed by atoms with van der Waals surface area (Å²) in [6, 6.07) is 14.1. The van der Waals surface area contributed by atoms with Crippen molar-refractivity contribution in [3.05, 3.63) is 64.2 Å². The van der Waals surface area contributed by atoms with Gasteiger partial charge in [0.05, 0.1) is 4.92 Å². The monoisotopic (exact) mass is 312 g/mol. The maximum Gasteiger partial charge on any atom is 0.701 e. The van der Waals surface area contributed by atoms with Gasteiger partial charge in [0.25, 0.3) is 5.69 Å². The fraction of sp³-hybridized carbons (Fsp3) is 0.250. The fourth-order valence-electron chi connectivity index (χ4n) is 2.54. The van der Waals surface area contributed by atoms with Gasteiger partial charge in [0.1, 0.15) is 11.5 Å². The Morgan fingerprint density at radius 2 is 1.70 bits per heavy atom. The van der Waals surface area contributed by atoms with Crippen molar-refractivity contribution >= 4 is 12.9 Å². The molecule has 0 bridgehead atoms. The second-order valence-electron chi connectivity index (χ2n) is 5.38. The fourth-order valence-corrected chi connectivity index (χ4v) is 2.54. The number of non-ortho nitro benzene ring substituents is 1. The Morgan fingerprint density at radius 1 is 1.09 bits per heavy atom. The van der Waals surface area contributed by atoms with Crippen LogP contribution in [-0.2, 0) is 6.54 Å². The van der Waals surface area contributed by atoms with Crippen molar-refractivity contribution < 1.29 is 14.2 Å². The number of nitro groups is 1. The van der Waals surface area contributed by atoms with E-state index in [4.69, 9.17) is 9.31 Å². The van der Waals surface area contributed by atoms with Crippen LogP contribution >= 0.6 is 0 Å². The van der Waals surface area contributed by atoms with Gasteiger partial charge in [-0.1, -0.05) is 31.2 Å². The van der Waals surface area contributed by atoms with Gasteiger partial charge in [0.15, 0.2) is 0 Å². The van der Waals surface area contributed by atoms with Crippen LogP contribution in [0.4, 0.5) is 5.69 Å². The third-order valence-corrected chi connectivity index (χ3v) is 3.65. The molecule has 1 aliphatic heterocycles. The summed E-state index contributed by atoms with van der Waals surface area (Å²) in [5, 5.41) is 10.7. The van der Waals surface area contributed by atoms with Crippen molar-refractivity contribution in [1.29, 1.82) is 0 Å². The van der Waals surface area contributed by atoms with E-state index >= 15 is 0 Å². The Morgan fingerprint density at radius 3 is 2.22 bits per heavy atom. The lowest BCUT2D eigenvalue weighted by Crippen LogP contribution is -2.46. The van der Waals surface area contributed by atoms with Gasteiger partial charge >= 0.3 is 7.25 Å². The zero-order valence-corrected chi connectivity index (χ0v) is 12.8. The maximum absolute atomic E-state index is 10.7. The minimum atomic E-state index is -0.470. The van der Waals surface area contributed by atoms with Gasteiger partial charge in [-0.15, -0.1) is 0 Å². The van der Waals surface area contributed by atoms with Gasteiger partial charge in [-0.3, -0.25) is 14.9 Å². The van der Waals surface area contributed by atoms with Crippen molar-refractivity contribution in [3.8, 4) is 11.5 Å². The standard InChI is InChI=1S/C16H17BN2O4/c1-2-11-18(12-13-7-9-14(10-8-13)19(20)21)17-22-15-5-3-4-6-16(15)23-17/h3-10H,2,11-12H2,1H3. The molecule has 0 atom stereocenters. The first-order valence-corrected chi connectivity index (χ1v) is 7.57. The first kappa shape index (κ1) is 15.4. The zero-order chi connectivity index (χ0) is 16.2. The van der Waals surface area contributed by atoms with Crippen LogP contribution in [-0.4, -0.2) is 23.5 Å². The van der Waals surface area contributed by atoms with Crippen molar-refractivity contribution in [2.24, 2.45) is 0 Å². The summed E-state index contributed by atoms with van der Waals surface area (Å²) in [6.45, 7) is 3.49. The quantitative estimate of drug-likeness (QED) is 0.465. The van der Waals surface area contributed by atoms with E-state index in [1.165, 1.54) is 12.1 Å². The van der Waals surface area contributed by atoms with Crippen LogP contribution in [0.25, 0.3) is 0 Å². The van der Waals surface area contributed by atoms with Gasteiger partial charge in [0.2, 0.25) is 0 Å². The number of benzene rings is 2. The molecule has 3 rings (SSSR count). The zero-order valence-electron chi connectivity index (χ0n) is 12.8. The number of nitrogens with zero attached hydrogens (tertiary/aromatic N) is 2. The highest BCUT2D eigenvalue weighted by Crippen LogP contribution is 2.33. The normalized spacial score (nSPS) is 12.7. The lowest BCUT2D eigenvalue weighted by atomic mass is 10.0. The SMILES string of the molecule is CCCN(Cc1ccc([N+](=O)[O-])cc1)B1Oc2ccccc2O1. The van der Waals surface area contributed by atoms with E-state index in [1.807, 2.05) is 24.3 Å². The van der Waals surface area contributed by atoms with Crippen LogP contribution in [0.1, 0.15) is 18.9 Å². The summed E-state index contributed by atoms with van der Waals surface area (Å²) in [7, 11) is -0.470. The highest BCUT2D eigenvalue weighted by Gasteiger charge is 2.38. The van der Waals surface area contributed by atoms with Crippen LogP contribution in [0.5, 0.6) is 11.5 Å². The summed E-state index contributed by atoms with van der Waals surface area (Å²) in [4.78, 5) is 12.4. The number of para-hydroxylation sites is 2. The summed E-state index contributed by atoms with van der Waals surface area (Å²) in [6.07, 6.45) is 0.951. The van der Waals surface area contributed by atoms with E-state index < -0.39 is 12.2 Å². The van der Waals surface area contributed by atoms with Gasteiger partial charge in [-0.2, -0.15) is 0 Å². The highest BCUT2D eigenvalue weighted by atomic mass is 16.6. The van der Waals surface area contributed by atoms with Gasteiger partial charge in [0, 0.05) is 18.7 Å². The molecule has 0 fully saturated rings. The van der Waals surface area contributed by atoms with E-state index in [9.17, 15) is 10.1 Å². The molecule has 0 N–H and O–H groups in total. The Labute approximate surface area is 134 Å². The van der Waals surface area contributed by atoms with Gasteiger partial charge < -0.3 is 9.31 Å². The minimum Gasteiger partial charge on any atom is -0.509 e. The van der Waals surface area contributed by atoms with Crippen LogP contribution in [0.15, 0.2) is 48.5 Å². The van der Waals surface area contributed by atoms with E-state index in [0.29, 0.717) is 6.54 Å². The first-order valence-electron chi connectivity index (χ1n) is 7.57. The van der Waals surface area contributed by atoms with Crippen LogP contribution in [0.2, 0.25) is 0 Å². The number of rotatable bonds is 6. The smallest absolute Gasteiger partial charge is 0.509 e. The molecular weight excluding hydrogens is 295 g/mol. The highest BCUT2D eigenvalue weighted by molar-refractivity contribution is 6.44. The molecule has 0 spiro atoms. The molecule has 0 unspecified atom stereocenters. The molecule has 0 saturated carbocycles. The molecule has 23 heavy (non-hydrogen) atoms. The summed E-state index contributed by atoms with van der Waals surface area (Å²) < 4.78 is 11.7. The number of nitro benzene ring substituents is 1. The molecule has 2 aromatic rings. The molecule has 6 nitrogen and oxygen atoms in total. The van der Waals surface area contributed by atoms with Gasteiger partial charge in [-0.25, -0.2) is 0 Å². The molecule has 0 saturated heterocycles. The average Bonchev–Trinajstić information content (AvgIpc) is 2.99. The van der Waals surface area contributed by atoms with Crippen LogP contribution < -0.4 is 9.31 Å². The number of hydrogen-bond donors (Lipinski definition) is 0. The van der Waals surface area contributed by atoms with E-state index in [1.54, 1.807) is 12.1 Å². The van der Waals surface area contributed by atoms with E-state index in [0.717, 1.165) is 30.0 Å². The van der Waals surface area contributed by atoms with Gasteiger partial charge in [-0.05, 0) is 30.7 Å². The first-order chi connectivity index (χ1) is 11.2. The second-order valence-corrected chi connectivity index (χ2v) is 5.38. The Kier molecular flexibility index (Phi) is 4.48. The molecule has 0 aromatic heterocycles. The Bertz CT molecular complexity index is 668. The number of fused-ring (bicyclic) bond motifs is 1. The summed E-state index contributed by atoms with van der Waals surface area (Å²) in [5.41, 5.74) is 1.07. The van der Waals surface area contributed by atoms with Crippen molar-refractivity contribution in [3.63, 3.8) is 0 Å². The predicted octanol–water partition coefficient (Wildman–Crippen LogP) is 3.26. The Hall–Kier alpha value is -2.54. The summed E-state index contributed by atoms with van der Waals surface area (Å²) in [5.74, 6) is 1.48. The molecule has 1 heterocycles. The van der Waals surface area contributed by atoms with E-state index in [-0.39, 0.29) is 5.69 Å². The Balaban J connectivity index is 1.71. The minimum absolute atomic E-state index is 0.0940. The molecular formula is C16H17BN2O4. The number of hydrogen-bond acceptors (Lipinski definition) is 5. The second kappa shape index (κ2) is 6.70. The molecule has 2 aromatic carbocycles. The average molecular weight is 312 g/mol.